The number of pyridine rings is 1. The molecule has 1 aromatic carbocycles. The summed E-state index contributed by atoms with van der Waals surface area (Å²) in [5, 5.41) is 5.31. The van der Waals surface area contributed by atoms with Crippen LogP contribution in [0.2, 0.25) is 0 Å². The summed E-state index contributed by atoms with van der Waals surface area (Å²) in [5.74, 6) is -0.200. The van der Waals surface area contributed by atoms with Gasteiger partial charge in [-0.3, -0.25) is 4.79 Å². The molecule has 11 heteroatoms. The van der Waals surface area contributed by atoms with Crippen molar-refractivity contribution in [2.24, 2.45) is 0 Å². The Kier molecular flexibility index (Phi) is 16.1. The number of nitrogens with one attached hydrogen (secondary N) is 2. The lowest BCUT2D eigenvalue weighted by molar-refractivity contribution is -0.697. The van der Waals surface area contributed by atoms with E-state index in [4.69, 9.17) is 9.47 Å². The minimum atomic E-state index is -0.649. The van der Waals surface area contributed by atoms with Crippen LogP contribution in [0.5, 0.6) is 0 Å². The molecule has 0 aliphatic heterocycles. The largest absolute Gasteiger partial charge is 1.00 e. The van der Waals surface area contributed by atoms with Gasteiger partial charge >= 0.3 is 12.2 Å². The van der Waals surface area contributed by atoms with E-state index in [1.807, 2.05) is 54.2 Å². The topological polar surface area (TPSA) is 101 Å². The normalized spacial score (nSPS) is 11.1. The number of amides is 3. The monoisotopic (exact) mass is 612 g/mol. The molecule has 0 saturated carbocycles. The van der Waals surface area contributed by atoms with Crippen LogP contribution in [-0.2, 0) is 16.0 Å². The number of ether oxygens (including phenoxy) is 2. The zero-order valence-electron chi connectivity index (χ0n) is 22.3. The summed E-state index contributed by atoms with van der Waals surface area (Å²) in [7, 11) is 0. The number of unbranched alkanes of at least 4 members (excludes halogenated alkanes) is 1. The van der Waals surface area contributed by atoms with Crippen LogP contribution in [-0.4, -0.2) is 50.4 Å². The first kappa shape index (κ1) is 33.2. The number of aryl methyl sites for hydroxylation is 1. The number of rotatable bonds is 14. The molecule has 0 spiro atoms. The maximum Gasteiger partial charge on any atom is 0.407 e. The van der Waals surface area contributed by atoms with Gasteiger partial charge in [-0.2, -0.15) is 0 Å². The Morgan fingerprint density at radius 3 is 2.42 bits per heavy atom. The van der Waals surface area contributed by atoms with Gasteiger partial charge in [0.05, 0.1) is 17.6 Å². The van der Waals surface area contributed by atoms with E-state index in [1.54, 1.807) is 11.0 Å². The Morgan fingerprint density at radius 2 is 1.74 bits per heavy atom. The predicted octanol–water partition coefficient (Wildman–Crippen LogP) is 1.83. The molecular formula is C27H38BrClN4O5. The Balaban J connectivity index is 0.00000722. The van der Waals surface area contributed by atoms with Crippen molar-refractivity contribution in [1.29, 1.82) is 0 Å². The average Bonchev–Trinajstić information content (AvgIpc) is 2.88. The molecule has 1 aromatic heterocycles. The van der Waals surface area contributed by atoms with Crippen LogP contribution in [0.4, 0.5) is 15.3 Å². The molecule has 9 nitrogen and oxygen atoms in total. The number of aromatic nitrogens is 1. The second kappa shape index (κ2) is 18.4. The quantitative estimate of drug-likeness (QED) is 0.250. The molecule has 3 amide bonds. The van der Waals surface area contributed by atoms with Crippen LogP contribution in [0.1, 0.15) is 56.8 Å². The third kappa shape index (κ3) is 12.1. The molecule has 38 heavy (non-hydrogen) atoms. The second-order valence-electron chi connectivity index (χ2n) is 8.66. The predicted molar refractivity (Wildman–Crippen MR) is 146 cm³/mol. The molecule has 0 saturated heterocycles. The van der Waals surface area contributed by atoms with Crippen molar-refractivity contribution in [3.8, 4) is 0 Å². The summed E-state index contributed by atoms with van der Waals surface area (Å²) in [4.78, 5) is 38.9. The first-order valence-corrected chi connectivity index (χ1v) is 13.5. The third-order valence-corrected chi connectivity index (χ3v) is 5.87. The summed E-state index contributed by atoms with van der Waals surface area (Å²) in [6, 6.07) is 11.1. The van der Waals surface area contributed by atoms with E-state index in [-0.39, 0.29) is 50.7 Å². The van der Waals surface area contributed by atoms with Crippen LogP contribution < -0.4 is 32.5 Å². The smallest absolute Gasteiger partial charge is 0.407 e. The van der Waals surface area contributed by atoms with E-state index in [2.05, 4.69) is 40.4 Å². The van der Waals surface area contributed by atoms with Gasteiger partial charge in [0.1, 0.15) is 25.3 Å². The van der Waals surface area contributed by atoms with Gasteiger partial charge in [-0.05, 0) is 47.5 Å². The maximum atomic E-state index is 13.4. The van der Waals surface area contributed by atoms with Crippen molar-refractivity contribution >= 4 is 39.7 Å². The van der Waals surface area contributed by atoms with Crippen LogP contribution >= 0.6 is 15.9 Å². The summed E-state index contributed by atoms with van der Waals surface area (Å²) in [6.45, 7) is 7.19. The number of anilines is 1. The van der Waals surface area contributed by atoms with Crippen molar-refractivity contribution in [2.45, 2.75) is 59.0 Å². The average molecular weight is 614 g/mol. The Bertz CT molecular complexity index is 1010. The van der Waals surface area contributed by atoms with Gasteiger partial charge in [-0.1, -0.05) is 44.9 Å². The van der Waals surface area contributed by atoms with Gasteiger partial charge in [-0.15, -0.1) is 0 Å². The first-order valence-electron chi connectivity index (χ1n) is 12.7. The number of nitrogens with zero attached hydrogens (tertiary/aromatic N) is 2. The fourth-order valence-corrected chi connectivity index (χ4v) is 4.13. The number of halogens is 2. The lowest BCUT2D eigenvalue weighted by Gasteiger charge is -2.22. The van der Waals surface area contributed by atoms with Gasteiger partial charge in [0, 0.05) is 18.2 Å². The SMILES string of the molecule is CCCCC(C)NC(=O)OCCNC(=O)OCCN(C(=O)c1cc(Br)c[n+](CCC)c1)c1ccccc1.[Cl-]. The molecule has 210 valence electrons. The van der Waals surface area contributed by atoms with Crippen LogP contribution in [0, 0.1) is 0 Å². The van der Waals surface area contributed by atoms with Gasteiger partial charge in [0.2, 0.25) is 0 Å². The van der Waals surface area contributed by atoms with E-state index in [0.717, 1.165) is 36.7 Å². The van der Waals surface area contributed by atoms with Crippen molar-refractivity contribution in [1.82, 2.24) is 10.6 Å². The highest BCUT2D eigenvalue weighted by Crippen LogP contribution is 2.18. The summed E-state index contributed by atoms with van der Waals surface area (Å²) in [6.07, 6.45) is 6.51. The molecule has 2 rings (SSSR count). The molecule has 0 aliphatic rings. The minimum absolute atomic E-state index is 0. The number of benzene rings is 1. The summed E-state index contributed by atoms with van der Waals surface area (Å²) in [5.41, 5.74) is 1.22. The van der Waals surface area contributed by atoms with Gasteiger partial charge in [-0.25, -0.2) is 14.2 Å². The lowest BCUT2D eigenvalue weighted by Crippen LogP contribution is -3.00. The molecule has 1 heterocycles. The summed E-state index contributed by atoms with van der Waals surface area (Å²) >= 11 is 3.48. The van der Waals surface area contributed by atoms with Crippen LogP contribution in [0.15, 0.2) is 53.3 Å². The minimum Gasteiger partial charge on any atom is -1.00 e. The number of hydrogen-bond donors (Lipinski definition) is 2. The van der Waals surface area contributed by atoms with Crippen molar-refractivity contribution in [2.75, 3.05) is 31.2 Å². The van der Waals surface area contributed by atoms with Crippen LogP contribution in [0.25, 0.3) is 0 Å². The molecular weight excluding hydrogens is 576 g/mol. The highest BCUT2D eigenvalue weighted by Gasteiger charge is 2.21. The second-order valence-corrected chi connectivity index (χ2v) is 9.57. The first-order chi connectivity index (χ1) is 17.8. The fraction of sp³-hybridized carbons (Fsp3) is 0.481. The van der Waals surface area contributed by atoms with Crippen LogP contribution in [0.3, 0.4) is 0 Å². The molecule has 0 fully saturated rings. The number of carbonyl (C=O) groups is 3. The number of carbonyl (C=O) groups excluding carboxylic acids is 3. The zero-order valence-corrected chi connectivity index (χ0v) is 24.6. The number of hydrogen-bond acceptors (Lipinski definition) is 5. The molecule has 2 N–H and O–H groups in total. The molecule has 1 atom stereocenters. The maximum absolute atomic E-state index is 13.4. The van der Waals surface area contributed by atoms with Crippen molar-refractivity contribution < 1.29 is 40.8 Å². The standard InChI is InChI=1S/C27H37BrN4O5.ClH/c1-4-6-10-21(3)30-27(35)36-16-13-29-26(34)37-17-15-32(24-11-8-7-9-12-24)25(33)22-18-23(28)20-31(19-22)14-5-2;/h7-9,11-12,18-21H,4-6,10,13-17H2,1-3H3,(H-,29,30,34,35);1H. The molecule has 0 aliphatic carbocycles. The van der Waals surface area contributed by atoms with E-state index >= 15 is 0 Å². The van der Waals surface area contributed by atoms with Crippen molar-refractivity contribution in [3.63, 3.8) is 0 Å². The third-order valence-electron chi connectivity index (χ3n) is 5.44. The van der Waals surface area contributed by atoms with E-state index in [1.165, 1.54) is 0 Å². The zero-order chi connectivity index (χ0) is 27.0. The highest BCUT2D eigenvalue weighted by molar-refractivity contribution is 9.10. The Morgan fingerprint density at radius 1 is 1.03 bits per heavy atom. The highest BCUT2D eigenvalue weighted by atomic mass is 79.9. The number of para-hydroxylation sites is 1. The molecule has 2 aromatic rings. The van der Waals surface area contributed by atoms with Gasteiger partial charge in [0.15, 0.2) is 12.4 Å². The van der Waals surface area contributed by atoms with E-state index in [0.29, 0.717) is 11.3 Å². The van der Waals surface area contributed by atoms with Crippen molar-refractivity contribution in [3.05, 3.63) is 58.8 Å². The van der Waals surface area contributed by atoms with Gasteiger partial charge in [0.25, 0.3) is 5.91 Å². The molecule has 1 unspecified atom stereocenters. The van der Waals surface area contributed by atoms with E-state index in [9.17, 15) is 14.4 Å². The molecule has 0 bridgehead atoms. The molecule has 0 radical (unpaired) electrons. The Labute approximate surface area is 239 Å². The summed E-state index contributed by atoms with van der Waals surface area (Å²) < 4.78 is 13.1. The Hall–Kier alpha value is -2.85. The van der Waals surface area contributed by atoms with Gasteiger partial charge < -0.3 is 37.4 Å². The lowest BCUT2D eigenvalue weighted by atomic mass is 10.1. The number of alkyl carbamates (subject to hydrolysis) is 2. The van der Waals surface area contributed by atoms with E-state index < -0.39 is 12.2 Å². The fourth-order valence-electron chi connectivity index (χ4n) is 3.62.